The molecule has 8 heteroatoms. The summed E-state index contributed by atoms with van der Waals surface area (Å²) in [6.45, 7) is 4.67. The average Bonchev–Trinajstić information content (AvgIpc) is 2.64. The number of nitrogens with zero attached hydrogens (tertiary/aromatic N) is 3. The molecule has 7 nitrogen and oxygen atoms in total. The summed E-state index contributed by atoms with van der Waals surface area (Å²) < 4.78 is 17.1. The van der Waals surface area contributed by atoms with Gasteiger partial charge in [0.15, 0.2) is 17.3 Å². The summed E-state index contributed by atoms with van der Waals surface area (Å²) in [5.41, 5.74) is 5.64. The van der Waals surface area contributed by atoms with Crippen molar-refractivity contribution in [2.45, 2.75) is 20.5 Å². The molecule has 0 amide bonds. The van der Waals surface area contributed by atoms with Gasteiger partial charge >= 0.3 is 0 Å². The third kappa shape index (κ3) is 5.30. The molecule has 2 rings (SSSR count). The van der Waals surface area contributed by atoms with Crippen molar-refractivity contribution in [3.8, 4) is 17.6 Å². The third-order valence-corrected chi connectivity index (χ3v) is 4.37. The molecule has 27 heavy (non-hydrogen) atoms. The third-order valence-electron chi connectivity index (χ3n) is 3.57. The standard InChI is InChI=1S/C19H21IN4O3/c1-5-27-18-16(20)7-13(8-17(18)26-4)10-22-24-19-15(9-21)14(11-25-3)6-12(2)23-19/h6-8,10H,5,11H2,1-4H3,(H,23,24)/b22-10-. The van der Waals surface area contributed by atoms with Gasteiger partial charge in [0.2, 0.25) is 0 Å². The van der Waals surface area contributed by atoms with Crippen LogP contribution in [0.1, 0.15) is 29.3 Å². The molecule has 1 aromatic carbocycles. The normalized spacial score (nSPS) is 10.7. The Kier molecular flexibility index (Phi) is 7.82. The summed E-state index contributed by atoms with van der Waals surface area (Å²) in [7, 11) is 3.18. The van der Waals surface area contributed by atoms with E-state index in [1.807, 2.05) is 32.0 Å². The molecule has 1 N–H and O–H groups in total. The summed E-state index contributed by atoms with van der Waals surface area (Å²) in [6.07, 6.45) is 1.64. The summed E-state index contributed by atoms with van der Waals surface area (Å²) in [5, 5.41) is 13.7. The second kappa shape index (κ2) is 10.1. The van der Waals surface area contributed by atoms with Gasteiger partial charge in [-0.25, -0.2) is 4.98 Å². The van der Waals surface area contributed by atoms with Crippen LogP contribution in [0.4, 0.5) is 5.82 Å². The van der Waals surface area contributed by atoms with Gasteiger partial charge in [-0.1, -0.05) is 0 Å². The highest BCUT2D eigenvalue weighted by atomic mass is 127. The lowest BCUT2D eigenvalue weighted by molar-refractivity contribution is 0.184. The van der Waals surface area contributed by atoms with Crippen molar-refractivity contribution in [1.29, 1.82) is 5.26 Å². The van der Waals surface area contributed by atoms with Gasteiger partial charge in [-0.05, 0) is 60.2 Å². The molecule has 0 unspecified atom stereocenters. The summed E-state index contributed by atoms with van der Waals surface area (Å²) in [4.78, 5) is 4.36. The highest BCUT2D eigenvalue weighted by Gasteiger charge is 2.12. The Labute approximate surface area is 172 Å². The zero-order valence-electron chi connectivity index (χ0n) is 15.7. The van der Waals surface area contributed by atoms with Crippen LogP contribution in [0.5, 0.6) is 11.5 Å². The minimum Gasteiger partial charge on any atom is -0.493 e. The van der Waals surface area contributed by atoms with E-state index in [2.05, 4.69) is 44.2 Å². The van der Waals surface area contributed by atoms with E-state index in [-0.39, 0.29) is 0 Å². The molecule has 0 spiro atoms. The van der Waals surface area contributed by atoms with Crippen LogP contribution in [-0.4, -0.2) is 32.0 Å². The highest BCUT2D eigenvalue weighted by molar-refractivity contribution is 14.1. The molecule has 142 valence electrons. The van der Waals surface area contributed by atoms with E-state index in [4.69, 9.17) is 14.2 Å². The van der Waals surface area contributed by atoms with Crippen LogP contribution in [0, 0.1) is 21.8 Å². The van der Waals surface area contributed by atoms with Gasteiger partial charge in [-0.2, -0.15) is 10.4 Å². The Morgan fingerprint density at radius 3 is 2.74 bits per heavy atom. The molecule has 0 aliphatic carbocycles. The lowest BCUT2D eigenvalue weighted by atomic mass is 10.1. The number of hydrogen-bond acceptors (Lipinski definition) is 7. The smallest absolute Gasteiger partial charge is 0.174 e. The zero-order chi connectivity index (χ0) is 19.8. The van der Waals surface area contributed by atoms with E-state index in [0.717, 1.165) is 20.4 Å². The van der Waals surface area contributed by atoms with Crippen LogP contribution >= 0.6 is 22.6 Å². The largest absolute Gasteiger partial charge is 0.493 e. The van der Waals surface area contributed by atoms with Gasteiger partial charge < -0.3 is 14.2 Å². The number of ether oxygens (including phenoxy) is 3. The molecular formula is C19H21IN4O3. The van der Waals surface area contributed by atoms with Gasteiger partial charge in [0.05, 0.1) is 30.1 Å². The molecule has 0 radical (unpaired) electrons. The summed E-state index contributed by atoms with van der Waals surface area (Å²) in [6, 6.07) is 7.76. The Hall–Kier alpha value is -2.38. The van der Waals surface area contributed by atoms with Crippen molar-refractivity contribution < 1.29 is 14.2 Å². The first-order valence-corrected chi connectivity index (χ1v) is 9.30. The first-order valence-electron chi connectivity index (χ1n) is 8.23. The van der Waals surface area contributed by atoms with E-state index < -0.39 is 0 Å². The van der Waals surface area contributed by atoms with Gasteiger partial charge in [-0.3, -0.25) is 5.43 Å². The molecule has 0 bridgehead atoms. The number of halogens is 1. The van der Waals surface area contributed by atoms with Crippen LogP contribution in [0.25, 0.3) is 0 Å². The maximum Gasteiger partial charge on any atom is 0.174 e. The van der Waals surface area contributed by atoms with Crippen molar-refractivity contribution >= 4 is 34.6 Å². The number of hydrogen-bond donors (Lipinski definition) is 1. The number of aromatic nitrogens is 1. The highest BCUT2D eigenvalue weighted by Crippen LogP contribution is 2.33. The van der Waals surface area contributed by atoms with Crippen molar-refractivity contribution in [3.63, 3.8) is 0 Å². The van der Waals surface area contributed by atoms with E-state index in [1.54, 1.807) is 20.4 Å². The zero-order valence-corrected chi connectivity index (χ0v) is 17.8. The Morgan fingerprint density at radius 2 is 2.11 bits per heavy atom. The summed E-state index contributed by atoms with van der Waals surface area (Å²) in [5.74, 6) is 1.74. The molecule has 0 saturated heterocycles. The topological polar surface area (TPSA) is 88.8 Å². The number of hydrazone groups is 1. The van der Waals surface area contributed by atoms with Crippen LogP contribution in [0.3, 0.4) is 0 Å². The first-order chi connectivity index (χ1) is 13.0. The Bertz CT molecular complexity index is 878. The quantitative estimate of drug-likeness (QED) is 0.351. The van der Waals surface area contributed by atoms with Crippen LogP contribution in [0.2, 0.25) is 0 Å². The number of benzene rings is 1. The Balaban J connectivity index is 2.28. The molecule has 0 aliphatic rings. The van der Waals surface area contributed by atoms with Crippen LogP contribution in [-0.2, 0) is 11.3 Å². The first kappa shape index (κ1) is 20.9. The molecule has 1 aromatic heterocycles. The number of aryl methyl sites for hydroxylation is 1. The number of methoxy groups -OCH3 is 2. The van der Waals surface area contributed by atoms with E-state index in [1.165, 1.54) is 0 Å². The van der Waals surface area contributed by atoms with E-state index in [9.17, 15) is 5.26 Å². The lowest BCUT2D eigenvalue weighted by Gasteiger charge is -2.12. The van der Waals surface area contributed by atoms with Gasteiger partial charge in [0.25, 0.3) is 0 Å². The minimum absolute atomic E-state index is 0.332. The lowest BCUT2D eigenvalue weighted by Crippen LogP contribution is -2.04. The molecular weight excluding hydrogens is 459 g/mol. The minimum atomic E-state index is 0.332. The number of nitrogens with one attached hydrogen (secondary N) is 1. The predicted octanol–water partition coefficient (Wildman–Crippen LogP) is 3.87. The Morgan fingerprint density at radius 1 is 1.33 bits per heavy atom. The molecule has 2 aromatic rings. The number of pyridine rings is 1. The number of nitriles is 1. The second-order valence-corrected chi connectivity index (χ2v) is 6.69. The van der Waals surface area contributed by atoms with Crippen molar-refractivity contribution in [1.82, 2.24) is 4.98 Å². The van der Waals surface area contributed by atoms with Crippen LogP contribution < -0.4 is 14.9 Å². The number of anilines is 1. The van der Waals surface area contributed by atoms with Crippen molar-refractivity contribution in [2.24, 2.45) is 5.10 Å². The fourth-order valence-electron chi connectivity index (χ4n) is 2.48. The fraction of sp³-hybridized carbons (Fsp3) is 0.316. The maximum atomic E-state index is 9.45. The SMILES string of the molecule is CCOc1c(I)cc(/C=N\Nc2nc(C)cc(COC)c2C#N)cc1OC. The van der Waals surface area contributed by atoms with E-state index >= 15 is 0 Å². The van der Waals surface area contributed by atoms with E-state index in [0.29, 0.717) is 36.1 Å². The monoisotopic (exact) mass is 480 g/mol. The molecule has 0 atom stereocenters. The van der Waals surface area contributed by atoms with Crippen molar-refractivity contribution in [2.75, 3.05) is 26.3 Å². The van der Waals surface area contributed by atoms with Gasteiger partial charge in [-0.15, -0.1) is 0 Å². The number of rotatable bonds is 8. The van der Waals surface area contributed by atoms with Crippen molar-refractivity contribution in [3.05, 3.63) is 44.2 Å². The van der Waals surface area contributed by atoms with Gasteiger partial charge in [0.1, 0.15) is 11.6 Å². The molecule has 1 heterocycles. The van der Waals surface area contributed by atoms with Crippen LogP contribution in [0.15, 0.2) is 23.3 Å². The summed E-state index contributed by atoms with van der Waals surface area (Å²) >= 11 is 2.19. The fourth-order valence-corrected chi connectivity index (χ4v) is 3.26. The maximum absolute atomic E-state index is 9.45. The average molecular weight is 480 g/mol. The van der Waals surface area contributed by atoms with Gasteiger partial charge in [0, 0.05) is 18.4 Å². The predicted molar refractivity (Wildman–Crippen MR) is 112 cm³/mol. The molecule has 0 fully saturated rings. The second-order valence-electron chi connectivity index (χ2n) is 5.53. The molecule has 0 aliphatic heterocycles. The molecule has 0 saturated carbocycles.